The van der Waals surface area contributed by atoms with E-state index in [-0.39, 0.29) is 17.8 Å². The van der Waals surface area contributed by atoms with Gasteiger partial charge in [-0.25, -0.2) is 4.39 Å². The summed E-state index contributed by atoms with van der Waals surface area (Å²) >= 11 is 0. The van der Waals surface area contributed by atoms with Crippen molar-refractivity contribution in [2.45, 2.75) is 32.9 Å². The molecule has 0 aliphatic heterocycles. The van der Waals surface area contributed by atoms with Gasteiger partial charge in [0.15, 0.2) is 0 Å². The number of nitrogens with zero attached hydrogens (tertiary/aromatic N) is 1. The van der Waals surface area contributed by atoms with Crippen LogP contribution in [-0.2, 0) is 9.53 Å². The summed E-state index contributed by atoms with van der Waals surface area (Å²) in [7, 11) is 3.81. The third-order valence-electron chi connectivity index (χ3n) is 3.38. The Labute approximate surface area is 132 Å². The maximum atomic E-state index is 13.4. The number of hydrogen-bond acceptors (Lipinski definition) is 3. The van der Waals surface area contributed by atoms with Crippen LogP contribution in [0.15, 0.2) is 24.3 Å². The highest BCUT2D eigenvalue weighted by Gasteiger charge is 2.19. The molecule has 1 aromatic carbocycles. The Kier molecular flexibility index (Phi) is 7.48. The quantitative estimate of drug-likeness (QED) is 0.802. The largest absolute Gasteiger partial charge is 0.368 e. The maximum Gasteiger partial charge on any atom is 0.248 e. The maximum absolute atomic E-state index is 13.4. The molecule has 0 saturated heterocycles. The van der Waals surface area contributed by atoms with Gasteiger partial charge in [-0.05, 0) is 44.6 Å². The molecule has 0 fully saturated rings. The van der Waals surface area contributed by atoms with E-state index in [0.717, 1.165) is 5.56 Å². The van der Waals surface area contributed by atoms with Crippen LogP contribution in [0.2, 0.25) is 0 Å². The van der Waals surface area contributed by atoms with Crippen molar-refractivity contribution in [1.29, 1.82) is 0 Å². The fourth-order valence-electron chi connectivity index (χ4n) is 2.07. The molecule has 124 valence electrons. The van der Waals surface area contributed by atoms with Crippen LogP contribution >= 0.6 is 0 Å². The lowest BCUT2D eigenvalue weighted by Gasteiger charge is -2.26. The monoisotopic (exact) mass is 310 g/mol. The van der Waals surface area contributed by atoms with E-state index in [1.807, 2.05) is 38.9 Å². The Morgan fingerprint density at radius 2 is 2.00 bits per heavy atom. The highest BCUT2D eigenvalue weighted by molar-refractivity contribution is 5.80. The van der Waals surface area contributed by atoms with Crippen molar-refractivity contribution >= 4 is 5.91 Å². The average Bonchev–Trinajstić information content (AvgIpc) is 2.44. The number of rotatable bonds is 8. The van der Waals surface area contributed by atoms with Crippen molar-refractivity contribution < 1.29 is 13.9 Å². The van der Waals surface area contributed by atoms with Gasteiger partial charge in [-0.1, -0.05) is 26.0 Å². The second kappa shape index (κ2) is 8.86. The minimum atomic E-state index is -0.488. The molecule has 5 heteroatoms. The fraction of sp³-hybridized carbons (Fsp3) is 0.588. The highest BCUT2D eigenvalue weighted by Crippen LogP contribution is 2.18. The number of hydrogen-bond donors (Lipinski definition) is 1. The van der Waals surface area contributed by atoms with E-state index in [2.05, 4.69) is 5.32 Å². The van der Waals surface area contributed by atoms with Crippen LogP contribution in [0.4, 0.5) is 4.39 Å². The van der Waals surface area contributed by atoms with Gasteiger partial charge in [-0.2, -0.15) is 0 Å². The van der Waals surface area contributed by atoms with E-state index in [1.54, 1.807) is 13.0 Å². The van der Waals surface area contributed by atoms with Crippen LogP contribution < -0.4 is 5.32 Å². The molecular weight excluding hydrogens is 283 g/mol. The molecule has 0 aliphatic rings. The van der Waals surface area contributed by atoms with Crippen molar-refractivity contribution in [3.63, 3.8) is 0 Å². The van der Waals surface area contributed by atoms with Crippen molar-refractivity contribution in [2.24, 2.45) is 5.92 Å². The van der Waals surface area contributed by atoms with Crippen molar-refractivity contribution in [3.8, 4) is 0 Å². The van der Waals surface area contributed by atoms with Gasteiger partial charge in [-0.3, -0.25) is 4.79 Å². The van der Waals surface area contributed by atoms with Gasteiger partial charge in [0.25, 0.3) is 0 Å². The fourth-order valence-corrected chi connectivity index (χ4v) is 2.07. The molecule has 0 heterocycles. The zero-order chi connectivity index (χ0) is 16.7. The van der Waals surface area contributed by atoms with Crippen LogP contribution in [0.25, 0.3) is 0 Å². The van der Waals surface area contributed by atoms with Crippen LogP contribution in [0, 0.1) is 11.7 Å². The van der Waals surface area contributed by atoms with E-state index >= 15 is 0 Å². The number of carbonyl (C=O) groups is 1. The van der Waals surface area contributed by atoms with Crippen LogP contribution in [0.3, 0.4) is 0 Å². The molecule has 1 N–H and O–H groups in total. The molecule has 0 spiro atoms. The first-order chi connectivity index (χ1) is 10.3. The van der Waals surface area contributed by atoms with Crippen molar-refractivity contribution in [1.82, 2.24) is 10.2 Å². The summed E-state index contributed by atoms with van der Waals surface area (Å²) in [5.74, 6) is -0.0368. The minimum absolute atomic E-state index is 0.0862. The van der Waals surface area contributed by atoms with E-state index in [1.165, 1.54) is 12.1 Å². The van der Waals surface area contributed by atoms with E-state index < -0.39 is 6.10 Å². The lowest BCUT2D eigenvalue weighted by molar-refractivity contribution is -0.132. The van der Waals surface area contributed by atoms with Crippen LogP contribution in [-0.4, -0.2) is 44.2 Å². The van der Waals surface area contributed by atoms with Crippen LogP contribution in [0.1, 0.15) is 32.4 Å². The Morgan fingerprint density at radius 3 is 2.55 bits per heavy atom. The third-order valence-corrected chi connectivity index (χ3v) is 3.38. The second-order valence-electron chi connectivity index (χ2n) is 6.15. The number of amides is 1. The summed E-state index contributed by atoms with van der Waals surface area (Å²) in [6, 6.07) is 6.36. The van der Waals surface area contributed by atoms with Crippen molar-refractivity contribution in [3.05, 3.63) is 35.6 Å². The first-order valence-corrected chi connectivity index (χ1v) is 7.62. The van der Waals surface area contributed by atoms with Gasteiger partial charge in [-0.15, -0.1) is 0 Å². The molecule has 0 radical (unpaired) electrons. The first kappa shape index (κ1) is 18.6. The molecule has 2 atom stereocenters. The summed E-state index contributed by atoms with van der Waals surface area (Å²) < 4.78 is 18.9. The van der Waals surface area contributed by atoms with Gasteiger partial charge in [0.1, 0.15) is 11.9 Å². The second-order valence-corrected chi connectivity index (χ2v) is 6.15. The average molecular weight is 310 g/mol. The summed E-state index contributed by atoms with van der Waals surface area (Å²) in [5.41, 5.74) is 0.834. The molecule has 1 rings (SSSR count). The molecule has 4 nitrogen and oxygen atoms in total. The standard InChI is InChI=1S/C17H27FN2O2/c1-12(2)11-22-13(3)17(21)19-10-16(20(4)5)14-7-6-8-15(18)9-14/h6-9,12-13,16H,10-11H2,1-5H3,(H,19,21)/t13-,16+/m1/s1. The molecular formula is C17H27FN2O2. The number of likely N-dealkylation sites (N-methyl/N-ethyl adjacent to an activating group) is 1. The number of nitrogens with one attached hydrogen (secondary N) is 1. The van der Waals surface area contributed by atoms with E-state index in [4.69, 9.17) is 4.74 Å². The molecule has 22 heavy (non-hydrogen) atoms. The predicted molar refractivity (Wildman–Crippen MR) is 86.1 cm³/mol. The highest BCUT2D eigenvalue weighted by atomic mass is 19.1. The summed E-state index contributed by atoms with van der Waals surface area (Å²) in [6.45, 7) is 6.78. The Bertz CT molecular complexity index is 477. The molecule has 0 aromatic heterocycles. The number of ether oxygens (including phenoxy) is 1. The SMILES string of the molecule is CC(C)CO[C@H](C)C(=O)NC[C@@H](c1cccc(F)c1)N(C)C. The zero-order valence-electron chi connectivity index (χ0n) is 14.1. The number of halogens is 1. The van der Waals surface area contributed by atoms with Gasteiger partial charge in [0.05, 0.1) is 6.04 Å². The first-order valence-electron chi connectivity index (χ1n) is 7.62. The lowest BCUT2D eigenvalue weighted by atomic mass is 10.1. The summed E-state index contributed by atoms with van der Waals surface area (Å²) in [4.78, 5) is 14.0. The summed E-state index contributed by atoms with van der Waals surface area (Å²) in [6.07, 6.45) is -0.488. The Balaban J connectivity index is 2.60. The van der Waals surface area contributed by atoms with E-state index in [0.29, 0.717) is 19.1 Å². The molecule has 0 unspecified atom stereocenters. The summed E-state index contributed by atoms with van der Waals surface area (Å²) in [5, 5.41) is 2.88. The van der Waals surface area contributed by atoms with Crippen molar-refractivity contribution in [2.75, 3.05) is 27.2 Å². The predicted octanol–water partition coefficient (Wildman–Crippen LogP) is 2.61. The van der Waals surface area contributed by atoms with E-state index in [9.17, 15) is 9.18 Å². The molecule has 0 aliphatic carbocycles. The van der Waals surface area contributed by atoms with Gasteiger partial charge in [0, 0.05) is 13.2 Å². The Hall–Kier alpha value is -1.46. The normalized spacial score (nSPS) is 14.2. The smallest absolute Gasteiger partial charge is 0.248 e. The molecule has 1 aromatic rings. The van der Waals surface area contributed by atoms with Gasteiger partial charge < -0.3 is 15.0 Å². The number of benzene rings is 1. The molecule has 0 bridgehead atoms. The topological polar surface area (TPSA) is 41.6 Å². The molecule has 0 saturated carbocycles. The molecule has 1 amide bonds. The zero-order valence-corrected chi connectivity index (χ0v) is 14.1. The van der Waals surface area contributed by atoms with Crippen LogP contribution in [0.5, 0.6) is 0 Å². The van der Waals surface area contributed by atoms with Gasteiger partial charge in [0.2, 0.25) is 5.91 Å². The third kappa shape index (κ3) is 6.12. The minimum Gasteiger partial charge on any atom is -0.368 e. The Morgan fingerprint density at radius 1 is 1.32 bits per heavy atom. The van der Waals surface area contributed by atoms with Gasteiger partial charge >= 0.3 is 0 Å². The number of carbonyl (C=O) groups excluding carboxylic acids is 1. The lowest BCUT2D eigenvalue weighted by Crippen LogP contribution is -2.40.